The van der Waals surface area contributed by atoms with Gasteiger partial charge in [-0.25, -0.2) is 0 Å². The minimum atomic E-state index is -0.0736. The second-order valence-corrected chi connectivity index (χ2v) is 10.2. The number of rotatable bonds is 4. The van der Waals surface area contributed by atoms with Crippen LogP contribution in [0.15, 0.2) is 18.2 Å². The number of benzene rings is 1. The van der Waals surface area contributed by atoms with Gasteiger partial charge in [0.05, 0.1) is 6.10 Å². The summed E-state index contributed by atoms with van der Waals surface area (Å²) < 4.78 is 6.14. The Kier molecular flexibility index (Phi) is 6.49. The van der Waals surface area contributed by atoms with Gasteiger partial charge in [-0.2, -0.15) is 0 Å². The van der Waals surface area contributed by atoms with Gasteiger partial charge in [-0.05, 0) is 111 Å². The summed E-state index contributed by atoms with van der Waals surface area (Å²) in [5.41, 5.74) is 3.29. The van der Waals surface area contributed by atoms with Crippen LogP contribution >= 0.6 is 12.4 Å². The molecule has 5 rings (SSSR count). The van der Waals surface area contributed by atoms with Crippen LogP contribution in [0, 0.1) is 17.3 Å². The molecule has 1 N–H and O–H groups in total. The fraction of sp³-hybridized carbons (Fsp3) is 0.760. The van der Waals surface area contributed by atoms with Crippen molar-refractivity contribution in [2.75, 3.05) is 26.2 Å². The zero-order valence-corrected chi connectivity index (χ0v) is 18.8. The summed E-state index contributed by atoms with van der Waals surface area (Å²) >= 11 is 0. The molecule has 1 aromatic rings. The first-order chi connectivity index (χ1) is 13.6. The molecule has 1 saturated heterocycles. The van der Waals surface area contributed by atoms with E-state index in [1.54, 1.807) is 5.56 Å². The number of nitrogens with zero attached hydrogens (tertiary/aromatic N) is 1. The molecular weight excluding hydrogens is 382 g/mol. The molecule has 0 unspecified atom stereocenters. The number of aliphatic hydroxyl groups excluding tert-OH is 1. The Morgan fingerprint density at radius 3 is 2.76 bits per heavy atom. The smallest absolute Gasteiger partial charge is 0.119 e. The van der Waals surface area contributed by atoms with E-state index in [1.807, 2.05) is 0 Å². The Hall–Kier alpha value is -0.770. The zero-order valence-electron chi connectivity index (χ0n) is 17.9. The van der Waals surface area contributed by atoms with Crippen LogP contribution in [0.2, 0.25) is 0 Å². The van der Waals surface area contributed by atoms with E-state index in [0.29, 0.717) is 5.92 Å². The van der Waals surface area contributed by atoms with E-state index in [1.165, 1.54) is 70.0 Å². The van der Waals surface area contributed by atoms with Gasteiger partial charge >= 0.3 is 0 Å². The monoisotopic (exact) mass is 419 g/mol. The first-order valence-corrected chi connectivity index (χ1v) is 11.8. The molecule has 4 aliphatic rings. The Balaban J connectivity index is 0.00000205. The second-order valence-electron chi connectivity index (χ2n) is 10.2. The molecule has 0 spiro atoms. The summed E-state index contributed by atoms with van der Waals surface area (Å²) in [6, 6.07) is 6.92. The number of hydrogen-bond acceptors (Lipinski definition) is 3. The third-order valence-electron chi connectivity index (χ3n) is 8.77. The summed E-state index contributed by atoms with van der Waals surface area (Å²) in [6.45, 7) is 6.71. The van der Waals surface area contributed by atoms with Gasteiger partial charge in [-0.3, -0.25) is 4.90 Å². The van der Waals surface area contributed by atoms with E-state index in [4.69, 9.17) is 4.74 Å². The lowest BCUT2D eigenvalue weighted by atomic mass is 9.55. The van der Waals surface area contributed by atoms with E-state index in [2.05, 4.69) is 30.0 Å². The van der Waals surface area contributed by atoms with E-state index < -0.39 is 0 Å². The highest BCUT2D eigenvalue weighted by atomic mass is 35.5. The van der Waals surface area contributed by atoms with Gasteiger partial charge in [-0.1, -0.05) is 19.4 Å². The van der Waals surface area contributed by atoms with Crippen LogP contribution < -0.4 is 4.74 Å². The van der Waals surface area contributed by atoms with E-state index >= 15 is 0 Å². The molecule has 1 heterocycles. The molecule has 0 amide bonds. The molecule has 3 nitrogen and oxygen atoms in total. The molecule has 5 atom stereocenters. The fourth-order valence-corrected chi connectivity index (χ4v) is 7.10. The highest BCUT2D eigenvalue weighted by molar-refractivity contribution is 5.85. The summed E-state index contributed by atoms with van der Waals surface area (Å²) in [7, 11) is 0. The molecule has 1 aliphatic heterocycles. The van der Waals surface area contributed by atoms with Crippen molar-refractivity contribution in [3.8, 4) is 5.75 Å². The van der Waals surface area contributed by atoms with Crippen molar-refractivity contribution in [3.63, 3.8) is 0 Å². The molecule has 2 saturated carbocycles. The molecule has 3 fully saturated rings. The van der Waals surface area contributed by atoms with Crippen LogP contribution in [0.5, 0.6) is 5.75 Å². The topological polar surface area (TPSA) is 32.7 Å². The third-order valence-corrected chi connectivity index (χ3v) is 8.77. The van der Waals surface area contributed by atoms with Crippen molar-refractivity contribution >= 4 is 12.4 Å². The standard InChI is InChI=1S/C25H37NO2.ClH/c1-25-12-11-21-20-8-6-19(28-16-15-26-13-3-2-4-14-26)17-18(20)5-7-22(21)23(25)9-10-24(25)27;/h6,8,17,21-24,27H,2-5,7,9-16H2,1H3;1H/t21-,22-,23+,24+,25+;/m1./s1. The van der Waals surface area contributed by atoms with Crippen LogP contribution in [-0.2, 0) is 6.42 Å². The average molecular weight is 420 g/mol. The van der Waals surface area contributed by atoms with Crippen LogP contribution in [0.4, 0.5) is 0 Å². The molecule has 0 radical (unpaired) electrons. The van der Waals surface area contributed by atoms with E-state index in [-0.39, 0.29) is 23.9 Å². The van der Waals surface area contributed by atoms with E-state index in [9.17, 15) is 5.11 Å². The lowest BCUT2D eigenvalue weighted by Crippen LogP contribution is -2.43. The molecule has 0 aromatic heterocycles. The summed E-state index contributed by atoms with van der Waals surface area (Å²) in [5, 5.41) is 10.6. The van der Waals surface area contributed by atoms with Crippen LogP contribution in [0.25, 0.3) is 0 Å². The maximum absolute atomic E-state index is 10.6. The summed E-state index contributed by atoms with van der Waals surface area (Å²) in [6.07, 6.45) is 11.2. The number of hydrogen-bond donors (Lipinski definition) is 1. The highest BCUT2D eigenvalue weighted by Crippen LogP contribution is 2.60. The number of aryl methyl sites for hydroxylation is 1. The van der Waals surface area contributed by atoms with E-state index in [0.717, 1.165) is 37.2 Å². The number of ether oxygens (including phenoxy) is 1. The highest BCUT2D eigenvalue weighted by Gasteiger charge is 2.54. The Morgan fingerprint density at radius 1 is 1.10 bits per heavy atom. The number of halogens is 1. The number of fused-ring (bicyclic) bond motifs is 5. The Bertz CT molecular complexity index is 704. The van der Waals surface area contributed by atoms with Gasteiger partial charge in [0.25, 0.3) is 0 Å². The number of aliphatic hydroxyl groups is 1. The normalized spacial score (nSPS) is 36.5. The van der Waals surface area contributed by atoms with Crippen molar-refractivity contribution in [1.82, 2.24) is 4.90 Å². The first-order valence-electron chi connectivity index (χ1n) is 11.8. The predicted octanol–water partition coefficient (Wildman–Crippen LogP) is 5.19. The van der Waals surface area contributed by atoms with Crippen LogP contribution in [-0.4, -0.2) is 42.4 Å². The molecule has 162 valence electrons. The van der Waals surface area contributed by atoms with Crippen molar-refractivity contribution < 1.29 is 9.84 Å². The summed E-state index contributed by atoms with van der Waals surface area (Å²) in [4.78, 5) is 2.54. The predicted molar refractivity (Wildman–Crippen MR) is 120 cm³/mol. The van der Waals surface area contributed by atoms with Crippen molar-refractivity contribution in [2.24, 2.45) is 17.3 Å². The van der Waals surface area contributed by atoms with Gasteiger partial charge in [0.15, 0.2) is 0 Å². The molecule has 4 heteroatoms. The van der Waals surface area contributed by atoms with Gasteiger partial charge in [0.2, 0.25) is 0 Å². The van der Waals surface area contributed by atoms with Crippen LogP contribution in [0.1, 0.15) is 75.3 Å². The van der Waals surface area contributed by atoms with Crippen molar-refractivity contribution in [1.29, 1.82) is 0 Å². The first kappa shape index (κ1) is 21.5. The van der Waals surface area contributed by atoms with Crippen LogP contribution in [0.3, 0.4) is 0 Å². The second kappa shape index (κ2) is 8.77. The maximum Gasteiger partial charge on any atom is 0.119 e. The molecule has 29 heavy (non-hydrogen) atoms. The minimum absolute atomic E-state index is 0. The van der Waals surface area contributed by atoms with Gasteiger partial charge in [-0.15, -0.1) is 12.4 Å². The summed E-state index contributed by atoms with van der Waals surface area (Å²) in [5.74, 6) is 3.25. The lowest BCUT2D eigenvalue weighted by Gasteiger charge is -2.50. The Labute approximate surface area is 182 Å². The van der Waals surface area contributed by atoms with Crippen molar-refractivity contribution in [3.05, 3.63) is 29.3 Å². The average Bonchev–Trinajstić information content (AvgIpc) is 3.03. The molecular formula is C25H38ClNO2. The SMILES string of the molecule is C[C@]12CC[C@@H]3c4ccc(OCCN5CCCCC5)cc4CC[C@H]3[C@@H]1CC[C@@H]2O.Cl. The molecule has 1 aromatic carbocycles. The van der Waals surface area contributed by atoms with Gasteiger partial charge < -0.3 is 9.84 Å². The lowest BCUT2D eigenvalue weighted by molar-refractivity contribution is -0.0226. The van der Waals surface area contributed by atoms with Gasteiger partial charge in [0.1, 0.15) is 12.4 Å². The van der Waals surface area contributed by atoms with Crippen molar-refractivity contribution in [2.45, 2.75) is 76.7 Å². The molecule has 0 bridgehead atoms. The quantitative estimate of drug-likeness (QED) is 0.728. The number of likely N-dealkylation sites (tertiary alicyclic amines) is 1. The van der Waals surface area contributed by atoms with Gasteiger partial charge in [0, 0.05) is 6.54 Å². The maximum atomic E-state index is 10.6. The largest absolute Gasteiger partial charge is 0.492 e. The zero-order chi connectivity index (χ0) is 19.1. The third kappa shape index (κ3) is 3.95. The molecule has 3 aliphatic carbocycles. The Morgan fingerprint density at radius 2 is 1.93 bits per heavy atom. The minimum Gasteiger partial charge on any atom is -0.492 e. The number of piperidine rings is 1. The fourth-order valence-electron chi connectivity index (χ4n) is 7.10.